The molecule has 1 aromatic rings. The quantitative estimate of drug-likeness (QED) is 0.819. The van der Waals surface area contributed by atoms with Crippen LogP contribution < -0.4 is 0 Å². The van der Waals surface area contributed by atoms with E-state index in [1.807, 2.05) is 7.05 Å². The molecule has 16 heavy (non-hydrogen) atoms. The fourth-order valence-electron chi connectivity index (χ4n) is 2.06. The normalized spacial score (nSPS) is 21.0. The predicted molar refractivity (Wildman–Crippen MR) is 62.0 cm³/mol. The molecule has 88 valence electrons. The maximum Gasteiger partial charge on any atom is 0.142 e. The van der Waals surface area contributed by atoms with Gasteiger partial charge in [-0.3, -0.25) is 0 Å². The SMILES string of the molecule is CN1CCC(O)(c2ccc(Cl)c(F)c2)CC1. The monoisotopic (exact) mass is 243 g/mol. The van der Waals surface area contributed by atoms with Crippen molar-refractivity contribution >= 4 is 11.6 Å². The molecule has 0 atom stereocenters. The van der Waals surface area contributed by atoms with E-state index in [1.54, 1.807) is 6.07 Å². The van der Waals surface area contributed by atoms with Crippen LogP contribution in [0.25, 0.3) is 0 Å². The fraction of sp³-hybridized carbons (Fsp3) is 0.500. The average Bonchev–Trinajstić information content (AvgIpc) is 2.26. The molecule has 1 aliphatic heterocycles. The largest absolute Gasteiger partial charge is 0.385 e. The van der Waals surface area contributed by atoms with Crippen LogP contribution in [0.15, 0.2) is 18.2 Å². The summed E-state index contributed by atoms with van der Waals surface area (Å²) < 4.78 is 13.3. The molecule has 0 radical (unpaired) electrons. The molecule has 0 saturated carbocycles. The van der Waals surface area contributed by atoms with Gasteiger partial charge < -0.3 is 10.0 Å². The van der Waals surface area contributed by atoms with Gasteiger partial charge in [0.1, 0.15) is 5.82 Å². The summed E-state index contributed by atoms with van der Waals surface area (Å²) in [4.78, 5) is 2.15. The molecular weight excluding hydrogens is 229 g/mol. The van der Waals surface area contributed by atoms with Gasteiger partial charge in [0, 0.05) is 13.1 Å². The van der Waals surface area contributed by atoms with Crippen molar-refractivity contribution in [1.82, 2.24) is 4.90 Å². The number of benzene rings is 1. The van der Waals surface area contributed by atoms with Gasteiger partial charge in [-0.2, -0.15) is 0 Å². The van der Waals surface area contributed by atoms with E-state index in [0.29, 0.717) is 18.4 Å². The van der Waals surface area contributed by atoms with E-state index in [4.69, 9.17) is 11.6 Å². The summed E-state index contributed by atoms with van der Waals surface area (Å²) >= 11 is 5.62. The van der Waals surface area contributed by atoms with Crippen molar-refractivity contribution in [2.75, 3.05) is 20.1 Å². The van der Waals surface area contributed by atoms with Gasteiger partial charge in [-0.15, -0.1) is 0 Å². The lowest BCUT2D eigenvalue weighted by atomic mass is 9.84. The number of hydrogen-bond acceptors (Lipinski definition) is 2. The lowest BCUT2D eigenvalue weighted by molar-refractivity contribution is -0.0205. The Bertz CT molecular complexity index is 389. The van der Waals surface area contributed by atoms with Crippen LogP contribution in [0.5, 0.6) is 0 Å². The van der Waals surface area contributed by atoms with Gasteiger partial charge in [-0.1, -0.05) is 17.7 Å². The van der Waals surface area contributed by atoms with Crippen molar-refractivity contribution in [3.63, 3.8) is 0 Å². The minimum absolute atomic E-state index is 0.0975. The van der Waals surface area contributed by atoms with Crippen molar-refractivity contribution in [2.24, 2.45) is 0 Å². The molecule has 1 aromatic carbocycles. The second-order valence-electron chi connectivity index (χ2n) is 4.46. The van der Waals surface area contributed by atoms with Crippen LogP contribution in [0.3, 0.4) is 0 Å². The van der Waals surface area contributed by atoms with Gasteiger partial charge in [0.25, 0.3) is 0 Å². The molecule has 2 nitrogen and oxygen atoms in total. The Balaban J connectivity index is 2.25. The molecule has 4 heteroatoms. The lowest BCUT2D eigenvalue weighted by Gasteiger charge is -2.36. The van der Waals surface area contributed by atoms with Gasteiger partial charge in [0.15, 0.2) is 0 Å². The first-order chi connectivity index (χ1) is 7.51. The Kier molecular flexibility index (Phi) is 3.19. The summed E-state index contributed by atoms with van der Waals surface area (Å²) in [6, 6.07) is 4.55. The zero-order valence-electron chi connectivity index (χ0n) is 9.21. The highest BCUT2D eigenvalue weighted by molar-refractivity contribution is 6.30. The zero-order valence-corrected chi connectivity index (χ0v) is 9.97. The minimum Gasteiger partial charge on any atom is -0.385 e. The predicted octanol–water partition coefficient (Wildman–Crippen LogP) is 2.39. The molecule has 0 amide bonds. The molecule has 1 N–H and O–H groups in total. The zero-order chi connectivity index (χ0) is 11.8. The summed E-state index contributed by atoms with van der Waals surface area (Å²) in [6.45, 7) is 1.64. The Morgan fingerprint density at radius 3 is 2.56 bits per heavy atom. The van der Waals surface area contributed by atoms with E-state index >= 15 is 0 Å². The summed E-state index contributed by atoms with van der Waals surface area (Å²) in [6.07, 6.45) is 1.26. The maximum atomic E-state index is 13.3. The van der Waals surface area contributed by atoms with Crippen LogP contribution >= 0.6 is 11.6 Å². The Morgan fingerprint density at radius 1 is 1.38 bits per heavy atom. The van der Waals surface area contributed by atoms with Gasteiger partial charge in [-0.25, -0.2) is 4.39 Å². The summed E-state index contributed by atoms with van der Waals surface area (Å²) in [7, 11) is 2.02. The van der Waals surface area contributed by atoms with Gasteiger partial charge in [0.05, 0.1) is 10.6 Å². The van der Waals surface area contributed by atoms with Crippen LogP contribution in [0.1, 0.15) is 18.4 Å². The molecule has 0 bridgehead atoms. The molecule has 0 spiro atoms. The van der Waals surface area contributed by atoms with Crippen LogP contribution in [0, 0.1) is 5.82 Å². The molecule has 2 rings (SSSR count). The van der Waals surface area contributed by atoms with Crippen molar-refractivity contribution in [3.05, 3.63) is 34.6 Å². The summed E-state index contributed by atoms with van der Waals surface area (Å²) in [5.74, 6) is -0.466. The smallest absolute Gasteiger partial charge is 0.142 e. The van der Waals surface area contributed by atoms with Crippen LogP contribution in [0.4, 0.5) is 4.39 Å². The first-order valence-corrected chi connectivity index (χ1v) is 5.75. The number of aliphatic hydroxyl groups is 1. The molecule has 0 aromatic heterocycles. The summed E-state index contributed by atoms with van der Waals surface area (Å²) in [5.41, 5.74) is -0.278. The van der Waals surface area contributed by atoms with Crippen molar-refractivity contribution in [1.29, 1.82) is 0 Å². The second kappa shape index (κ2) is 4.32. The third-order valence-corrected chi connectivity index (χ3v) is 3.58. The van der Waals surface area contributed by atoms with Crippen LogP contribution in [0.2, 0.25) is 5.02 Å². The Labute approximate surface area is 99.6 Å². The minimum atomic E-state index is -0.905. The topological polar surface area (TPSA) is 23.5 Å². The number of nitrogens with zero attached hydrogens (tertiary/aromatic N) is 1. The van der Waals surface area contributed by atoms with Crippen molar-refractivity contribution in [3.8, 4) is 0 Å². The number of likely N-dealkylation sites (tertiary alicyclic amines) is 1. The van der Waals surface area contributed by atoms with Crippen LogP contribution in [-0.4, -0.2) is 30.1 Å². The van der Waals surface area contributed by atoms with E-state index < -0.39 is 11.4 Å². The molecule has 0 unspecified atom stereocenters. The number of hydrogen-bond donors (Lipinski definition) is 1. The third-order valence-electron chi connectivity index (χ3n) is 3.27. The van der Waals surface area contributed by atoms with Gasteiger partial charge in [0.2, 0.25) is 0 Å². The Hall–Kier alpha value is -0.640. The lowest BCUT2D eigenvalue weighted by Crippen LogP contribution is -2.40. The molecular formula is C12H15ClFNO. The molecule has 0 aliphatic carbocycles. The second-order valence-corrected chi connectivity index (χ2v) is 4.87. The Morgan fingerprint density at radius 2 is 2.00 bits per heavy atom. The van der Waals surface area contributed by atoms with E-state index in [1.165, 1.54) is 12.1 Å². The molecule has 1 heterocycles. The van der Waals surface area contributed by atoms with Gasteiger partial charge >= 0.3 is 0 Å². The van der Waals surface area contributed by atoms with Crippen LogP contribution in [-0.2, 0) is 5.60 Å². The number of halogens is 2. The summed E-state index contributed by atoms with van der Waals surface area (Å²) in [5, 5.41) is 10.5. The first-order valence-electron chi connectivity index (χ1n) is 5.38. The standard InChI is InChI=1S/C12H15ClFNO/c1-15-6-4-12(16,5-7-15)9-2-3-10(13)11(14)8-9/h2-3,8,16H,4-7H2,1H3. The first kappa shape index (κ1) is 11.8. The average molecular weight is 244 g/mol. The van der Waals surface area contributed by atoms with Gasteiger partial charge in [-0.05, 0) is 37.6 Å². The highest BCUT2D eigenvalue weighted by Crippen LogP contribution is 2.33. The highest BCUT2D eigenvalue weighted by atomic mass is 35.5. The maximum absolute atomic E-state index is 13.3. The number of piperidine rings is 1. The highest BCUT2D eigenvalue weighted by Gasteiger charge is 2.33. The van der Waals surface area contributed by atoms with E-state index in [2.05, 4.69) is 4.90 Å². The molecule has 1 aliphatic rings. The molecule has 1 saturated heterocycles. The third kappa shape index (κ3) is 2.21. The van der Waals surface area contributed by atoms with E-state index in [-0.39, 0.29) is 5.02 Å². The van der Waals surface area contributed by atoms with E-state index in [0.717, 1.165) is 13.1 Å². The van der Waals surface area contributed by atoms with E-state index in [9.17, 15) is 9.50 Å². The molecule has 1 fully saturated rings. The van der Waals surface area contributed by atoms with Crippen molar-refractivity contribution in [2.45, 2.75) is 18.4 Å². The number of rotatable bonds is 1. The fourth-order valence-corrected chi connectivity index (χ4v) is 2.18. The van der Waals surface area contributed by atoms with Crippen molar-refractivity contribution < 1.29 is 9.50 Å².